The standard InChI is InChI=1S/C23H46N6O13/c24-2-7-13(32)15(34)10(28)21(37-7)40-18-6(27)1-5(26)12(31)20(18)42-23-17(36)19(9(4-30)39-23)41-22-11(29)16(35)14(33)8(3-25)38-22/h5-23,30-36H,1-4,24-29H2/t5-,6-,7+,8+,9+,10-,11-,12+,13-,14-,15+,16+,17-,18-,19-,20+,21-,22-,23-/m1/s1. The molecule has 4 aliphatic rings. The van der Waals surface area contributed by atoms with Crippen LogP contribution in [0.3, 0.4) is 0 Å². The van der Waals surface area contributed by atoms with Gasteiger partial charge in [0.05, 0.1) is 24.8 Å². The molecule has 19 nitrogen and oxygen atoms in total. The first-order valence-electron chi connectivity index (χ1n) is 13.9. The molecule has 0 aromatic carbocycles. The van der Waals surface area contributed by atoms with Gasteiger partial charge in [0.25, 0.3) is 0 Å². The molecule has 19 N–H and O–H groups in total. The second-order valence-electron chi connectivity index (χ2n) is 11.2. The molecule has 4 rings (SSSR count). The van der Waals surface area contributed by atoms with E-state index in [9.17, 15) is 35.7 Å². The largest absolute Gasteiger partial charge is 0.394 e. The van der Waals surface area contributed by atoms with Crippen LogP contribution >= 0.6 is 0 Å². The molecule has 3 heterocycles. The highest BCUT2D eigenvalue weighted by Gasteiger charge is 2.54. The van der Waals surface area contributed by atoms with Gasteiger partial charge in [0, 0.05) is 25.2 Å². The molecule has 0 amide bonds. The van der Waals surface area contributed by atoms with Crippen molar-refractivity contribution in [3.05, 3.63) is 0 Å². The Morgan fingerprint density at radius 2 is 0.976 bits per heavy atom. The predicted octanol–water partition coefficient (Wildman–Crippen LogP) is -8.90. The van der Waals surface area contributed by atoms with Crippen molar-refractivity contribution in [2.45, 2.75) is 123 Å². The molecule has 19 atom stereocenters. The molecular weight excluding hydrogens is 568 g/mol. The van der Waals surface area contributed by atoms with Crippen LogP contribution in [0.25, 0.3) is 0 Å². The van der Waals surface area contributed by atoms with E-state index >= 15 is 0 Å². The van der Waals surface area contributed by atoms with E-state index in [2.05, 4.69) is 0 Å². The number of hydrogen-bond donors (Lipinski definition) is 13. The van der Waals surface area contributed by atoms with Gasteiger partial charge in [-0.25, -0.2) is 0 Å². The molecule has 42 heavy (non-hydrogen) atoms. The second-order valence-corrected chi connectivity index (χ2v) is 11.2. The maximum Gasteiger partial charge on any atom is 0.187 e. The van der Waals surface area contributed by atoms with Gasteiger partial charge in [0.2, 0.25) is 0 Å². The highest BCUT2D eigenvalue weighted by Crippen LogP contribution is 2.34. The van der Waals surface area contributed by atoms with Crippen molar-refractivity contribution in [1.29, 1.82) is 0 Å². The van der Waals surface area contributed by atoms with Gasteiger partial charge in [-0.05, 0) is 6.42 Å². The molecule has 0 bridgehead atoms. The van der Waals surface area contributed by atoms with Crippen LogP contribution in [0.5, 0.6) is 0 Å². The Bertz CT molecular complexity index is 868. The SMILES string of the molecule is NC[C@@H]1O[C@H](O[C@H]2[C@@H](O[C@H]3O[C@@H](CO)[C@@H](O[C@H]4O[C@@H](CN)[C@@H](O)[C@@H](O)[C@H]4N)[C@H]3O)[C@@H](O)[C@H](N)C[C@H]2N)[C@H](N)[C@H](O)[C@@H]1O. The maximum atomic E-state index is 11.1. The Morgan fingerprint density at radius 1 is 0.524 bits per heavy atom. The lowest BCUT2D eigenvalue weighted by atomic mass is 9.84. The van der Waals surface area contributed by atoms with Crippen molar-refractivity contribution in [2.24, 2.45) is 34.4 Å². The van der Waals surface area contributed by atoms with Gasteiger partial charge in [0.15, 0.2) is 18.9 Å². The average Bonchev–Trinajstić information content (AvgIpc) is 3.27. The molecular formula is C23H46N6O13. The number of aliphatic hydroxyl groups is 7. The minimum Gasteiger partial charge on any atom is -0.394 e. The minimum absolute atomic E-state index is 0.0889. The summed E-state index contributed by atoms with van der Waals surface area (Å²) in [4.78, 5) is 0. The van der Waals surface area contributed by atoms with Gasteiger partial charge in [0.1, 0.15) is 67.1 Å². The molecule has 1 saturated carbocycles. The van der Waals surface area contributed by atoms with Crippen LogP contribution in [0, 0.1) is 0 Å². The summed E-state index contributed by atoms with van der Waals surface area (Å²) in [5.74, 6) is 0. The Labute approximate surface area is 241 Å². The van der Waals surface area contributed by atoms with Crippen LogP contribution in [-0.4, -0.2) is 172 Å². The number of rotatable bonds is 9. The number of nitrogens with two attached hydrogens (primary N) is 6. The van der Waals surface area contributed by atoms with Crippen LogP contribution < -0.4 is 34.4 Å². The zero-order chi connectivity index (χ0) is 31.0. The van der Waals surface area contributed by atoms with Crippen molar-refractivity contribution >= 4 is 0 Å². The molecule has 0 aromatic heterocycles. The van der Waals surface area contributed by atoms with Crippen molar-refractivity contribution in [3.8, 4) is 0 Å². The van der Waals surface area contributed by atoms with Gasteiger partial charge in [-0.1, -0.05) is 0 Å². The lowest BCUT2D eigenvalue weighted by Gasteiger charge is -2.47. The van der Waals surface area contributed by atoms with E-state index in [-0.39, 0.29) is 19.5 Å². The van der Waals surface area contributed by atoms with Crippen molar-refractivity contribution < 1.29 is 64.2 Å². The molecule has 4 fully saturated rings. The molecule has 0 spiro atoms. The quantitative estimate of drug-likeness (QED) is 0.115. The van der Waals surface area contributed by atoms with Gasteiger partial charge in [-0.3, -0.25) is 0 Å². The molecule has 3 aliphatic heterocycles. The third-order valence-corrected chi connectivity index (χ3v) is 8.37. The number of aliphatic hydroxyl groups excluding tert-OH is 7. The van der Waals surface area contributed by atoms with Crippen LogP contribution in [0.4, 0.5) is 0 Å². The normalized spacial score (nSPS) is 53.8. The fourth-order valence-electron chi connectivity index (χ4n) is 5.74. The highest BCUT2D eigenvalue weighted by molar-refractivity contribution is 5.02. The van der Waals surface area contributed by atoms with Crippen LogP contribution in [0.1, 0.15) is 6.42 Å². The van der Waals surface area contributed by atoms with E-state index in [1.807, 2.05) is 0 Å². The zero-order valence-electron chi connectivity index (χ0n) is 22.8. The Morgan fingerprint density at radius 3 is 1.45 bits per heavy atom. The summed E-state index contributed by atoms with van der Waals surface area (Å²) in [5.41, 5.74) is 35.6. The molecule has 3 saturated heterocycles. The summed E-state index contributed by atoms with van der Waals surface area (Å²) >= 11 is 0. The molecule has 0 radical (unpaired) electrons. The topological polar surface area (TPSA) is 353 Å². The summed E-state index contributed by atoms with van der Waals surface area (Å²) in [6.07, 6.45) is -19.8. The number of hydrogen-bond acceptors (Lipinski definition) is 19. The van der Waals surface area contributed by atoms with E-state index in [0.717, 1.165) is 0 Å². The fraction of sp³-hybridized carbons (Fsp3) is 1.00. The van der Waals surface area contributed by atoms with Crippen LogP contribution in [0.15, 0.2) is 0 Å². The second kappa shape index (κ2) is 14.1. The Kier molecular flexibility index (Phi) is 11.5. The van der Waals surface area contributed by atoms with Gasteiger partial charge in [-0.15, -0.1) is 0 Å². The third-order valence-electron chi connectivity index (χ3n) is 8.37. The summed E-state index contributed by atoms with van der Waals surface area (Å²) in [6.45, 7) is -0.967. The van der Waals surface area contributed by atoms with Crippen molar-refractivity contribution in [1.82, 2.24) is 0 Å². The number of ether oxygens (including phenoxy) is 6. The third kappa shape index (κ3) is 6.60. The zero-order valence-corrected chi connectivity index (χ0v) is 22.8. The van der Waals surface area contributed by atoms with E-state index < -0.39 is 123 Å². The molecule has 0 unspecified atom stereocenters. The molecule has 1 aliphatic carbocycles. The lowest BCUT2D eigenvalue weighted by molar-refractivity contribution is -0.306. The van der Waals surface area contributed by atoms with Crippen LogP contribution in [0.2, 0.25) is 0 Å². The summed E-state index contributed by atoms with van der Waals surface area (Å²) in [6, 6.07) is -4.18. The van der Waals surface area contributed by atoms with Gasteiger partial charge < -0.3 is 98.6 Å². The molecule has 246 valence electrons. The first kappa shape index (κ1) is 34.1. The fourth-order valence-corrected chi connectivity index (χ4v) is 5.74. The van der Waals surface area contributed by atoms with Crippen molar-refractivity contribution in [2.75, 3.05) is 19.7 Å². The Hall–Kier alpha value is -0.760. The molecule has 0 aromatic rings. The van der Waals surface area contributed by atoms with E-state index in [1.165, 1.54) is 0 Å². The summed E-state index contributed by atoms with van der Waals surface area (Å²) < 4.78 is 34.6. The van der Waals surface area contributed by atoms with Crippen LogP contribution in [-0.2, 0) is 28.4 Å². The van der Waals surface area contributed by atoms with Gasteiger partial charge >= 0.3 is 0 Å². The maximum absolute atomic E-state index is 11.1. The average molecular weight is 615 g/mol. The van der Waals surface area contributed by atoms with E-state index in [1.54, 1.807) is 0 Å². The summed E-state index contributed by atoms with van der Waals surface area (Å²) in [5, 5.41) is 73.0. The van der Waals surface area contributed by atoms with Crippen molar-refractivity contribution in [3.63, 3.8) is 0 Å². The first-order chi connectivity index (χ1) is 19.8. The highest BCUT2D eigenvalue weighted by atomic mass is 16.8. The minimum atomic E-state index is -1.60. The van der Waals surface area contributed by atoms with E-state index in [0.29, 0.717) is 0 Å². The van der Waals surface area contributed by atoms with Gasteiger partial charge in [-0.2, -0.15) is 0 Å². The Balaban J connectivity index is 1.50. The first-order valence-corrected chi connectivity index (χ1v) is 13.9. The monoisotopic (exact) mass is 614 g/mol. The van der Waals surface area contributed by atoms with E-state index in [4.69, 9.17) is 62.8 Å². The smallest absolute Gasteiger partial charge is 0.187 e. The lowest BCUT2D eigenvalue weighted by Crippen LogP contribution is -2.68. The molecule has 19 heteroatoms. The summed E-state index contributed by atoms with van der Waals surface area (Å²) in [7, 11) is 0. The predicted molar refractivity (Wildman–Crippen MR) is 138 cm³/mol.